The van der Waals surface area contributed by atoms with Gasteiger partial charge in [0.1, 0.15) is 5.25 Å². The summed E-state index contributed by atoms with van der Waals surface area (Å²) in [6.07, 6.45) is -5.15. The molecule has 2 aliphatic rings. The van der Waals surface area contributed by atoms with Gasteiger partial charge < -0.3 is 9.84 Å². The Morgan fingerprint density at radius 3 is 2.33 bits per heavy atom. The molecule has 2 aliphatic heterocycles. The van der Waals surface area contributed by atoms with E-state index >= 15 is 0 Å². The number of alkyl halides is 3. The van der Waals surface area contributed by atoms with Crippen molar-refractivity contribution in [3.63, 3.8) is 0 Å². The second-order valence-corrected chi connectivity index (χ2v) is 7.51. The summed E-state index contributed by atoms with van der Waals surface area (Å²) < 4.78 is 69.2. The molecule has 21 heavy (non-hydrogen) atoms. The largest absolute Gasteiger partial charge is 0.481 e. The first-order valence-electron chi connectivity index (χ1n) is 6.45. The molecule has 0 bridgehead atoms. The summed E-state index contributed by atoms with van der Waals surface area (Å²) in [5, 5.41) is 7.98. The van der Waals surface area contributed by atoms with Crippen LogP contribution in [-0.4, -0.2) is 61.0 Å². The third-order valence-corrected chi connectivity index (χ3v) is 6.48. The van der Waals surface area contributed by atoms with E-state index in [1.807, 2.05) is 0 Å². The highest BCUT2D eigenvalue weighted by Crippen LogP contribution is 2.40. The van der Waals surface area contributed by atoms with Gasteiger partial charge in [-0.2, -0.15) is 13.2 Å². The number of nitrogens with zero attached hydrogens (tertiary/aromatic N) is 1. The maximum atomic E-state index is 12.9. The number of carboxylic acid groups (broad SMARTS) is 1. The summed E-state index contributed by atoms with van der Waals surface area (Å²) in [7, 11) is -4.00. The van der Waals surface area contributed by atoms with Crippen LogP contribution in [0.1, 0.15) is 13.3 Å². The molecule has 0 saturated carbocycles. The highest BCUT2D eigenvalue weighted by molar-refractivity contribution is 7.89. The predicted octanol–water partition coefficient (Wildman–Crippen LogP) is 0.689. The molecule has 0 aromatic carbocycles. The van der Waals surface area contributed by atoms with Crippen LogP contribution < -0.4 is 0 Å². The zero-order valence-electron chi connectivity index (χ0n) is 11.2. The summed E-state index contributed by atoms with van der Waals surface area (Å²) in [6.45, 7) is 0.280. The molecular weight excluding hydrogens is 315 g/mol. The van der Waals surface area contributed by atoms with Crippen molar-refractivity contribution in [1.29, 1.82) is 0 Å². The van der Waals surface area contributed by atoms with Crippen molar-refractivity contribution in [2.45, 2.75) is 30.9 Å². The zero-order chi connectivity index (χ0) is 16.0. The number of hydrogen-bond donors (Lipinski definition) is 1. The molecule has 2 fully saturated rings. The molecule has 122 valence electrons. The number of aliphatic carboxylic acids is 1. The molecule has 0 radical (unpaired) electrons. The number of sulfonamides is 1. The fourth-order valence-corrected chi connectivity index (χ4v) is 4.93. The van der Waals surface area contributed by atoms with E-state index < -0.39 is 58.4 Å². The van der Waals surface area contributed by atoms with Crippen LogP contribution >= 0.6 is 0 Å². The molecule has 0 aromatic rings. The minimum absolute atomic E-state index is 0.203. The van der Waals surface area contributed by atoms with Gasteiger partial charge in [-0.3, -0.25) is 4.79 Å². The van der Waals surface area contributed by atoms with Crippen molar-refractivity contribution in [2.75, 3.05) is 19.7 Å². The van der Waals surface area contributed by atoms with E-state index in [0.29, 0.717) is 4.31 Å². The first-order valence-corrected chi connectivity index (χ1v) is 7.95. The summed E-state index contributed by atoms with van der Waals surface area (Å²) in [4.78, 5) is 11.0. The maximum absolute atomic E-state index is 12.9. The molecule has 2 heterocycles. The van der Waals surface area contributed by atoms with Gasteiger partial charge in [0.25, 0.3) is 0 Å². The van der Waals surface area contributed by atoms with Crippen molar-refractivity contribution in [3.05, 3.63) is 0 Å². The van der Waals surface area contributed by atoms with Crippen molar-refractivity contribution < 1.29 is 36.2 Å². The summed E-state index contributed by atoms with van der Waals surface area (Å²) >= 11 is 0. The predicted molar refractivity (Wildman–Crippen MR) is 65.0 cm³/mol. The fraction of sp³-hybridized carbons (Fsp3) is 0.909. The maximum Gasteiger partial charge on any atom is 0.393 e. The number of ether oxygens (including phenoxy) is 1. The SMILES string of the molecule is CC1OCCC1S(=O)(=O)N1C[C@@H](C(F)(F)F)[C@H](C(=O)O)C1. The van der Waals surface area contributed by atoms with Gasteiger partial charge >= 0.3 is 12.1 Å². The van der Waals surface area contributed by atoms with E-state index in [-0.39, 0.29) is 13.0 Å². The third-order valence-electron chi connectivity index (χ3n) is 4.07. The Kier molecular flexibility index (Phi) is 4.24. The first kappa shape index (κ1) is 16.5. The Labute approximate surface area is 119 Å². The summed E-state index contributed by atoms with van der Waals surface area (Å²) in [6, 6.07) is 0. The number of halogens is 3. The molecule has 0 aliphatic carbocycles. The van der Waals surface area contributed by atoms with E-state index in [9.17, 15) is 26.4 Å². The molecular formula is C11H16F3NO5S. The van der Waals surface area contributed by atoms with Crippen LogP contribution in [0.4, 0.5) is 13.2 Å². The molecule has 0 aromatic heterocycles. The van der Waals surface area contributed by atoms with Crippen molar-refractivity contribution in [2.24, 2.45) is 11.8 Å². The van der Waals surface area contributed by atoms with Gasteiger partial charge in [0.2, 0.25) is 10.0 Å². The van der Waals surface area contributed by atoms with Gasteiger partial charge in [0, 0.05) is 19.7 Å². The van der Waals surface area contributed by atoms with Crippen molar-refractivity contribution in [1.82, 2.24) is 4.31 Å². The molecule has 2 unspecified atom stereocenters. The van der Waals surface area contributed by atoms with Crippen LogP contribution in [0.15, 0.2) is 0 Å². The lowest BCUT2D eigenvalue weighted by molar-refractivity contribution is -0.187. The number of carbonyl (C=O) groups is 1. The number of rotatable bonds is 3. The Morgan fingerprint density at radius 1 is 1.33 bits per heavy atom. The lowest BCUT2D eigenvalue weighted by atomic mass is 9.96. The molecule has 2 rings (SSSR count). The van der Waals surface area contributed by atoms with Gasteiger partial charge in [0.05, 0.1) is 17.9 Å². The fourth-order valence-electron chi connectivity index (χ4n) is 2.85. The molecule has 1 N–H and O–H groups in total. The van der Waals surface area contributed by atoms with Crippen molar-refractivity contribution in [3.8, 4) is 0 Å². The van der Waals surface area contributed by atoms with Gasteiger partial charge in [-0.1, -0.05) is 0 Å². The van der Waals surface area contributed by atoms with Crippen LogP contribution in [0, 0.1) is 11.8 Å². The van der Waals surface area contributed by atoms with Crippen LogP contribution in [0.5, 0.6) is 0 Å². The summed E-state index contributed by atoms with van der Waals surface area (Å²) in [5.41, 5.74) is 0. The highest BCUT2D eigenvalue weighted by atomic mass is 32.2. The van der Waals surface area contributed by atoms with Crippen LogP contribution in [0.25, 0.3) is 0 Å². The van der Waals surface area contributed by atoms with E-state index in [1.54, 1.807) is 6.92 Å². The second kappa shape index (κ2) is 5.40. The second-order valence-electron chi connectivity index (χ2n) is 5.36. The summed E-state index contributed by atoms with van der Waals surface area (Å²) in [5.74, 6) is -5.58. The quantitative estimate of drug-likeness (QED) is 0.822. The van der Waals surface area contributed by atoms with Gasteiger partial charge in [0.15, 0.2) is 0 Å². The molecule has 4 atom stereocenters. The van der Waals surface area contributed by atoms with E-state index in [2.05, 4.69) is 0 Å². The monoisotopic (exact) mass is 331 g/mol. The number of carboxylic acids is 1. The Morgan fingerprint density at radius 2 is 1.95 bits per heavy atom. The van der Waals surface area contributed by atoms with Gasteiger partial charge in [-0.05, 0) is 13.3 Å². The third kappa shape index (κ3) is 3.02. The number of hydrogen-bond acceptors (Lipinski definition) is 4. The molecule has 6 nitrogen and oxygen atoms in total. The van der Waals surface area contributed by atoms with Crippen LogP contribution in [-0.2, 0) is 19.6 Å². The first-order chi connectivity index (χ1) is 9.55. The lowest BCUT2D eigenvalue weighted by Crippen LogP contribution is -2.41. The zero-order valence-corrected chi connectivity index (χ0v) is 12.0. The Hall–Kier alpha value is -0.870. The van der Waals surface area contributed by atoms with E-state index in [1.165, 1.54) is 0 Å². The molecule has 0 spiro atoms. The van der Waals surface area contributed by atoms with Crippen molar-refractivity contribution >= 4 is 16.0 Å². The Balaban J connectivity index is 2.24. The minimum Gasteiger partial charge on any atom is -0.481 e. The average molecular weight is 331 g/mol. The van der Waals surface area contributed by atoms with Crippen LogP contribution in [0.3, 0.4) is 0 Å². The Bertz CT molecular complexity index is 520. The van der Waals surface area contributed by atoms with E-state index in [0.717, 1.165) is 0 Å². The highest BCUT2D eigenvalue weighted by Gasteiger charge is 2.56. The van der Waals surface area contributed by atoms with Crippen LogP contribution in [0.2, 0.25) is 0 Å². The molecule has 10 heteroatoms. The molecule has 2 saturated heterocycles. The smallest absolute Gasteiger partial charge is 0.393 e. The van der Waals surface area contributed by atoms with Gasteiger partial charge in [-0.15, -0.1) is 0 Å². The minimum atomic E-state index is -4.74. The molecule has 0 amide bonds. The normalized spacial score (nSPS) is 35.2. The van der Waals surface area contributed by atoms with E-state index in [4.69, 9.17) is 9.84 Å². The lowest BCUT2D eigenvalue weighted by Gasteiger charge is -2.23. The topological polar surface area (TPSA) is 83.9 Å². The standard InChI is InChI=1S/C11H16F3NO5S/c1-6-9(2-3-20-6)21(18,19)15-4-7(10(16)17)8(5-15)11(12,13)14/h6-9H,2-5H2,1H3,(H,16,17)/t6?,7-,8-,9?/m1/s1. The van der Waals surface area contributed by atoms with Gasteiger partial charge in [-0.25, -0.2) is 12.7 Å². The average Bonchev–Trinajstić information content (AvgIpc) is 2.93.